The van der Waals surface area contributed by atoms with Crippen molar-refractivity contribution in [1.29, 1.82) is 0 Å². The van der Waals surface area contributed by atoms with Crippen LogP contribution in [0.1, 0.15) is 10.4 Å². The summed E-state index contributed by atoms with van der Waals surface area (Å²) in [5.41, 5.74) is 2.84. The summed E-state index contributed by atoms with van der Waals surface area (Å²) < 4.78 is 7.57. The smallest absolute Gasteiger partial charge is 0.253 e. The van der Waals surface area contributed by atoms with Crippen molar-refractivity contribution in [1.82, 2.24) is 24.5 Å². The Morgan fingerprint density at radius 3 is 2.38 bits per heavy atom. The van der Waals surface area contributed by atoms with Gasteiger partial charge >= 0.3 is 0 Å². The Labute approximate surface area is 223 Å². The van der Waals surface area contributed by atoms with Crippen LogP contribution in [-0.4, -0.2) is 63.7 Å². The molecule has 0 bridgehead atoms. The maximum absolute atomic E-state index is 13.0. The molecule has 0 spiro atoms. The third-order valence-corrected chi connectivity index (χ3v) is 7.06. The van der Waals surface area contributed by atoms with E-state index in [0.717, 1.165) is 16.5 Å². The number of hydrogen-bond donors (Lipinski definition) is 0. The van der Waals surface area contributed by atoms with E-state index in [-0.39, 0.29) is 5.91 Å². The molecule has 1 aliphatic heterocycles. The Morgan fingerprint density at radius 2 is 1.62 bits per heavy atom. The monoisotopic (exact) mass is 532 g/mol. The van der Waals surface area contributed by atoms with Crippen LogP contribution in [0.4, 0.5) is 5.95 Å². The predicted molar refractivity (Wildman–Crippen MR) is 145 cm³/mol. The van der Waals surface area contributed by atoms with E-state index in [2.05, 4.69) is 15.1 Å². The minimum absolute atomic E-state index is 0.0151. The molecular weight excluding hydrogens is 511 g/mol. The van der Waals surface area contributed by atoms with E-state index in [1.54, 1.807) is 31.4 Å². The lowest BCUT2D eigenvalue weighted by Crippen LogP contribution is -2.49. The molecule has 1 aliphatic rings. The highest BCUT2D eigenvalue weighted by atomic mass is 35.5. The predicted octanol–water partition coefficient (Wildman–Crippen LogP) is 5.22. The van der Waals surface area contributed by atoms with E-state index in [1.807, 2.05) is 51.8 Å². The van der Waals surface area contributed by atoms with E-state index in [4.69, 9.17) is 32.9 Å². The Kier molecular flexibility index (Phi) is 6.06. The summed E-state index contributed by atoms with van der Waals surface area (Å²) in [7, 11) is 1.63. The SMILES string of the molecule is COc1ccccc1-c1nnc2c3ccc(Cl)cc3nc(N3CCN(C(=O)c4ccc(Cl)cc4)CC3)n12. The van der Waals surface area contributed by atoms with Crippen LogP contribution in [0.3, 0.4) is 0 Å². The van der Waals surface area contributed by atoms with E-state index in [0.29, 0.717) is 65.0 Å². The zero-order valence-corrected chi connectivity index (χ0v) is 21.4. The summed E-state index contributed by atoms with van der Waals surface area (Å²) >= 11 is 12.3. The number of anilines is 1. The molecular formula is C27H22Cl2N6O2. The lowest BCUT2D eigenvalue weighted by atomic mass is 10.1. The summed E-state index contributed by atoms with van der Waals surface area (Å²) in [6.07, 6.45) is 0. The molecule has 3 heterocycles. The van der Waals surface area contributed by atoms with Gasteiger partial charge in [-0.3, -0.25) is 4.79 Å². The average Bonchev–Trinajstić information content (AvgIpc) is 3.38. The van der Waals surface area contributed by atoms with Crippen molar-refractivity contribution in [3.63, 3.8) is 0 Å². The summed E-state index contributed by atoms with van der Waals surface area (Å²) in [4.78, 5) is 22.1. The molecule has 37 heavy (non-hydrogen) atoms. The largest absolute Gasteiger partial charge is 0.496 e. The second-order valence-electron chi connectivity index (χ2n) is 8.74. The summed E-state index contributed by atoms with van der Waals surface area (Å²) in [6, 6.07) is 20.2. The number of piperazine rings is 1. The summed E-state index contributed by atoms with van der Waals surface area (Å²) in [6.45, 7) is 2.28. The number of amides is 1. The molecule has 0 N–H and O–H groups in total. The number of para-hydroxylation sites is 1. The van der Waals surface area contributed by atoms with Crippen LogP contribution >= 0.6 is 23.2 Å². The number of methoxy groups -OCH3 is 1. The van der Waals surface area contributed by atoms with Gasteiger partial charge in [-0.05, 0) is 54.6 Å². The molecule has 0 unspecified atom stereocenters. The van der Waals surface area contributed by atoms with E-state index < -0.39 is 0 Å². The number of nitrogens with zero attached hydrogens (tertiary/aromatic N) is 6. The van der Waals surface area contributed by atoms with Crippen molar-refractivity contribution in [3.8, 4) is 17.1 Å². The number of halogens is 2. The quantitative estimate of drug-likeness (QED) is 0.315. The van der Waals surface area contributed by atoms with Gasteiger partial charge in [0.2, 0.25) is 5.95 Å². The van der Waals surface area contributed by atoms with Crippen LogP contribution < -0.4 is 9.64 Å². The van der Waals surface area contributed by atoms with E-state index in [1.165, 1.54) is 0 Å². The topological polar surface area (TPSA) is 75.9 Å². The van der Waals surface area contributed by atoms with Gasteiger partial charge in [-0.25, -0.2) is 9.38 Å². The van der Waals surface area contributed by atoms with Crippen LogP contribution in [0.25, 0.3) is 27.9 Å². The van der Waals surface area contributed by atoms with Gasteiger partial charge in [0.25, 0.3) is 5.91 Å². The minimum Gasteiger partial charge on any atom is -0.496 e. The second-order valence-corrected chi connectivity index (χ2v) is 9.62. The Balaban J connectivity index is 1.41. The lowest BCUT2D eigenvalue weighted by Gasteiger charge is -2.35. The van der Waals surface area contributed by atoms with Crippen molar-refractivity contribution in [2.45, 2.75) is 0 Å². The molecule has 0 radical (unpaired) electrons. The maximum Gasteiger partial charge on any atom is 0.253 e. The number of hydrogen-bond acceptors (Lipinski definition) is 6. The fraction of sp³-hybridized carbons (Fsp3) is 0.185. The number of benzene rings is 3. The van der Waals surface area contributed by atoms with Crippen LogP contribution in [0.5, 0.6) is 5.75 Å². The molecule has 0 saturated carbocycles. The molecule has 0 atom stereocenters. The van der Waals surface area contributed by atoms with Gasteiger partial charge in [-0.15, -0.1) is 10.2 Å². The zero-order valence-electron chi connectivity index (χ0n) is 19.9. The first-order valence-electron chi connectivity index (χ1n) is 11.8. The average molecular weight is 533 g/mol. The van der Waals surface area contributed by atoms with Gasteiger partial charge in [0, 0.05) is 47.2 Å². The first kappa shape index (κ1) is 23.5. The Morgan fingerprint density at radius 1 is 0.892 bits per heavy atom. The minimum atomic E-state index is -0.0151. The second kappa shape index (κ2) is 9.53. The molecule has 8 nitrogen and oxygen atoms in total. The molecule has 5 aromatic rings. The summed E-state index contributed by atoms with van der Waals surface area (Å²) in [5, 5.41) is 11.1. The molecule has 6 rings (SSSR count). The fourth-order valence-corrected chi connectivity index (χ4v) is 4.99. The highest BCUT2D eigenvalue weighted by molar-refractivity contribution is 6.31. The highest BCUT2D eigenvalue weighted by Crippen LogP contribution is 2.34. The molecule has 3 aromatic carbocycles. The van der Waals surface area contributed by atoms with Gasteiger partial charge in [0.15, 0.2) is 11.5 Å². The fourth-order valence-electron chi connectivity index (χ4n) is 4.69. The third kappa shape index (κ3) is 4.22. The molecule has 0 aliphatic carbocycles. The summed E-state index contributed by atoms with van der Waals surface area (Å²) in [5.74, 6) is 2.00. The van der Waals surface area contributed by atoms with Crippen molar-refractivity contribution in [2.75, 3.05) is 38.2 Å². The molecule has 1 amide bonds. The Hall–Kier alpha value is -3.88. The van der Waals surface area contributed by atoms with Crippen LogP contribution in [-0.2, 0) is 0 Å². The van der Waals surface area contributed by atoms with Gasteiger partial charge in [-0.1, -0.05) is 35.3 Å². The molecule has 1 fully saturated rings. The zero-order chi connectivity index (χ0) is 25.5. The van der Waals surface area contributed by atoms with E-state index in [9.17, 15) is 4.79 Å². The van der Waals surface area contributed by atoms with Crippen molar-refractivity contribution in [2.24, 2.45) is 0 Å². The van der Waals surface area contributed by atoms with Crippen molar-refractivity contribution < 1.29 is 9.53 Å². The third-order valence-electron chi connectivity index (χ3n) is 6.57. The van der Waals surface area contributed by atoms with Gasteiger partial charge in [0.05, 0.1) is 18.2 Å². The molecule has 1 saturated heterocycles. The highest BCUT2D eigenvalue weighted by Gasteiger charge is 2.27. The number of ether oxygens (including phenoxy) is 1. The maximum atomic E-state index is 13.0. The number of carbonyl (C=O) groups is 1. The lowest BCUT2D eigenvalue weighted by molar-refractivity contribution is 0.0746. The molecule has 186 valence electrons. The van der Waals surface area contributed by atoms with E-state index >= 15 is 0 Å². The van der Waals surface area contributed by atoms with Gasteiger partial charge in [0.1, 0.15) is 5.75 Å². The molecule has 10 heteroatoms. The number of aromatic nitrogens is 4. The molecule has 2 aromatic heterocycles. The van der Waals surface area contributed by atoms with Crippen LogP contribution in [0.15, 0.2) is 66.7 Å². The number of fused-ring (bicyclic) bond motifs is 3. The number of rotatable bonds is 4. The first-order chi connectivity index (χ1) is 18.0. The normalized spacial score (nSPS) is 13.9. The Bertz CT molecular complexity index is 1630. The first-order valence-corrected chi connectivity index (χ1v) is 12.6. The van der Waals surface area contributed by atoms with Gasteiger partial charge < -0.3 is 14.5 Å². The van der Waals surface area contributed by atoms with Crippen LogP contribution in [0, 0.1) is 0 Å². The number of carbonyl (C=O) groups excluding carboxylic acids is 1. The standard InChI is InChI=1S/C27H22Cl2N6O2/c1-37-23-5-3-2-4-21(23)25-32-31-24-20-11-10-19(29)16-22(20)30-27(35(24)25)34-14-12-33(13-15-34)26(36)17-6-8-18(28)9-7-17/h2-11,16H,12-15H2,1H3. The van der Waals surface area contributed by atoms with Crippen molar-refractivity contribution >= 4 is 51.6 Å². The van der Waals surface area contributed by atoms with Gasteiger partial charge in [-0.2, -0.15) is 0 Å². The van der Waals surface area contributed by atoms with Crippen molar-refractivity contribution in [3.05, 3.63) is 82.3 Å². The van der Waals surface area contributed by atoms with Crippen LogP contribution in [0.2, 0.25) is 10.0 Å².